The molecule has 11 heteroatoms. The van der Waals surface area contributed by atoms with Crippen molar-refractivity contribution in [3.05, 3.63) is 71.9 Å². The summed E-state index contributed by atoms with van der Waals surface area (Å²) in [5, 5.41) is 4.44. The Morgan fingerprint density at radius 2 is 1.97 bits per heavy atom. The maximum atomic E-state index is 13.9. The molecule has 2 aliphatic rings. The van der Waals surface area contributed by atoms with Crippen LogP contribution < -0.4 is 11.1 Å². The molecule has 1 saturated heterocycles. The molecule has 1 aliphatic carbocycles. The number of anilines is 2. The Bertz CT molecular complexity index is 1770. The van der Waals surface area contributed by atoms with Gasteiger partial charge in [-0.05, 0) is 70.6 Å². The van der Waals surface area contributed by atoms with Crippen molar-refractivity contribution in [3.63, 3.8) is 0 Å². The predicted molar refractivity (Wildman–Crippen MR) is 150 cm³/mol. The molecule has 0 unspecified atom stereocenters. The average molecular weight is 583 g/mol. The highest BCUT2D eigenvalue weighted by atomic mass is 79.9. The smallest absolute Gasteiger partial charge is 0.248 e. The summed E-state index contributed by atoms with van der Waals surface area (Å²) in [4.78, 5) is 46.1. The van der Waals surface area contributed by atoms with Gasteiger partial charge in [-0.15, -0.1) is 0 Å². The third-order valence-corrected chi connectivity index (χ3v) is 8.06. The lowest BCUT2D eigenvalue weighted by Crippen LogP contribution is -2.46. The van der Waals surface area contributed by atoms with Crippen molar-refractivity contribution in [2.75, 3.05) is 11.1 Å². The van der Waals surface area contributed by atoms with E-state index in [1.54, 1.807) is 35.5 Å². The molecule has 10 nitrogen and oxygen atoms in total. The third kappa shape index (κ3) is 4.09. The maximum absolute atomic E-state index is 13.9. The number of rotatable bonds is 5. The van der Waals surface area contributed by atoms with Gasteiger partial charge in [-0.2, -0.15) is 0 Å². The van der Waals surface area contributed by atoms with Gasteiger partial charge < -0.3 is 20.5 Å². The molecular weight excluding hydrogens is 560 g/mol. The Morgan fingerprint density at radius 1 is 1.08 bits per heavy atom. The van der Waals surface area contributed by atoms with E-state index in [0.717, 1.165) is 28.5 Å². The first-order valence-corrected chi connectivity index (χ1v) is 13.4. The minimum absolute atomic E-state index is 0.0326. The third-order valence-electron chi connectivity index (χ3n) is 7.62. The number of nitrogens with zero attached hydrogens (tertiary/aromatic N) is 6. The van der Waals surface area contributed by atoms with Gasteiger partial charge in [-0.1, -0.05) is 18.2 Å². The van der Waals surface area contributed by atoms with Crippen molar-refractivity contribution in [3.8, 4) is 11.1 Å². The van der Waals surface area contributed by atoms with Gasteiger partial charge in [0, 0.05) is 29.4 Å². The zero-order valence-electron chi connectivity index (χ0n) is 20.7. The first-order chi connectivity index (χ1) is 19.0. The molecule has 7 rings (SSSR count). The number of aromatic nitrogens is 5. The van der Waals surface area contributed by atoms with Crippen LogP contribution >= 0.6 is 15.9 Å². The van der Waals surface area contributed by atoms with Gasteiger partial charge in [0.25, 0.3) is 0 Å². The molecule has 0 spiro atoms. The van der Waals surface area contributed by atoms with Gasteiger partial charge >= 0.3 is 0 Å². The van der Waals surface area contributed by atoms with E-state index in [9.17, 15) is 9.59 Å². The molecule has 0 radical (unpaired) electrons. The van der Waals surface area contributed by atoms with E-state index in [1.807, 2.05) is 34.9 Å². The molecule has 4 aromatic heterocycles. The summed E-state index contributed by atoms with van der Waals surface area (Å²) >= 11 is 3.33. The van der Waals surface area contributed by atoms with Crippen molar-refractivity contribution in [2.45, 2.75) is 31.5 Å². The second kappa shape index (κ2) is 9.12. The highest BCUT2D eigenvalue weighted by Gasteiger charge is 2.56. The van der Waals surface area contributed by atoms with Gasteiger partial charge in [0.2, 0.25) is 11.8 Å². The lowest BCUT2D eigenvalue weighted by molar-refractivity contribution is -0.138. The molecule has 194 valence electrons. The van der Waals surface area contributed by atoms with Gasteiger partial charge in [0.15, 0.2) is 0 Å². The largest absolute Gasteiger partial charge is 0.383 e. The SMILES string of the molecule is Nc1ncnc2c1c1cc(-c3cccnc3)ccc1n2CC(=O)N1[C@@H]2C[C@@H]2C[C@H]1C(=O)Nc1cccc(Br)n1. The Labute approximate surface area is 231 Å². The van der Waals surface area contributed by atoms with E-state index in [-0.39, 0.29) is 24.4 Å². The van der Waals surface area contributed by atoms with Crippen molar-refractivity contribution in [2.24, 2.45) is 5.92 Å². The molecule has 3 N–H and O–H groups in total. The first-order valence-electron chi connectivity index (χ1n) is 12.7. The summed E-state index contributed by atoms with van der Waals surface area (Å²) in [6.07, 6.45) is 6.51. The fraction of sp³-hybridized carbons (Fsp3) is 0.214. The van der Waals surface area contributed by atoms with Crippen LogP contribution in [-0.4, -0.2) is 53.3 Å². The van der Waals surface area contributed by atoms with E-state index in [0.29, 0.717) is 39.6 Å². The molecule has 3 atom stereocenters. The molecule has 5 aromatic rings. The number of nitrogens with two attached hydrogens (primary N) is 1. The van der Waals surface area contributed by atoms with E-state index < -0.39 is 6.04 Å². The number of hydrogen-bond donors (Lipinski definition) is 2. The van der Waals surface area contributed by atoms with Crippen molar-refractivity contribution in [1.29, 1.82) is 0 Å². The van der Waals surface area contributed by atoms with Crippen LogP contribution in [-0.2, 0) is 16.1 Å². The number of amides is 2. The minimum Gasteiger partial charge on any atom is -0.383 e. The lowest BCUT2D eigenvalue weighted by atomic mass is 10.0. The number of piperidine rings is 1. The molecule has 1 saturated carbocycles. The van der Waals surface area contributed by atoms with Crippen LogP contribution in [0.4, 0.5) is 11.6 Å². The minimum atomic E-state index is -0.549. The maximum Gasteiger partial charge on any atom is 0.248 e. The summed E-state index contributed by atoms with van der Waals surface area (Å²) in [7, 11) is 0. The van der Waals surface area contributed by atoms with E-state index in [1.165, 1.54) is 6.33 Å². The normalized spacial score (nSPS) is 19.8. The van der Waals surface area contributed by atoms with Crippen LogP contribution in [0, 0.1) is 5.92 Å². The average Bonchev–Trinajstić information content (AvgIpc) is 3.48. The number of carbonyl (C=O) groups excluding carboxylic acids is 2. The number of pyridine rings is 2. The topological polar surface area (TPSA) is 132 Å². The van der Waals surface area contributed by atoms with Crippen molar-refractivity contribution < 1.29 is 9.59 Å². The molecule has 2 fully saturated rings. The predicted octanol–water partition coefficient (Wildman–Crippen LogP) is 4.01. The van der Waals surface area contributed by atoms with Crippen molar-refractivity contribution in [1.82, 2.24) is 29.4 Å². The number of likely N-dealkylation sites (tertiary alicyclic amines) is 1. The summed E-state index contributed by atoms with van der Waals surface area (Å²) in [5.41, 5.74) is 9.67. The molecule has 0 bridgehead atoms. The number of nitrogen functional groups attached to an aromatic ring is 1. The van der Waals surface area contributed by atoms with Gasteiger partial charge in [0.1, 0.15) is 40.8 Å². The van der Waals surface area contributed by atoms with Gasteiger partial charge in [0.05, 0.1) is 10.9 Å². The van der Waals surface area contributed by atoms with Gasteiger partial charge in [-0.3, -0.25) is 14.6 Å². The molecular formula is C28H23BrN8O2. The Morgan fingerprint density at radius 3 is 2.79 bits per heavy atom. The monoisotopic (exact) mass is 582 g/mol. The Hall–Kier alpha value is -4.38. The Balaban J connectivity index is 1.23. The number of nitrogens with one attached hydrogen (secondary N) is 1. The number of benzene rings is 1. The number of hydrogen-bond acceptors (Lipinski definition) is 7. The summed E-state index contributed by atoms with van der Waals surface area (Å²) in [5.74, 6) is 0.784. The lowest BCUT2D eigenvalue weighted by Gasteiger charge is -2.27. The summed E-state index contributed by atoms with van der Waals surface area (Å²) in [6, 6.07) is 14.7. The van der Waals surface area contributed by atoms with Crippen molar-refractivity contribution >= 4 is 61.3 Å². The molecule has 5 heterocycles. The zero-order chi connectivity index (χ0) is 26.7. The quantitative estimate of drug-likeness (QED) is 0.299. The highest BCUT2D eigenvalue weighted by Crippen LogP contribution is 2.48. The summed E-state index contributed by atoms with van der Waals surface area (Å²) in [6.45, 7) is 0.0326. The fourth-order valence-corrected chi connectivity index (χ4v) is 6.11. The molecule has 1 aliphatic heterocycles. The second-order valence-electron chi connectivity index (χ2n) is 9.97. The van der Waals surface area contributed by atoms with Crippen LogP contribution in [0.5, 0.6) is 0 Å². The van der Waals surface area contributed by atoms with E-state index >= 15 is 0 Å². The Kier molecular flexibility index (Phi) is 5.55. The summed E-state index contributed by atoms with van der Waals surface area (Å²) < 4.78 is 2.50. The first kappa shape index (κ1) is 23.7. The number of fused-ring (bicyclic) bond motifs is 4. The standard InChI is InChI=1S/C28H23BrN8O2/c29-22-4-1-5-23(34-22)35-28(39)21-11-17-10-20(17)37(21)24(38)13-36-19-7-6-15(16-3-2-8-31-12-16)9-18(19)25-26(30)32-14-33-27(25)36/h1-9,12,14,17,20-21H,10-11,13H2,(H2,30,32,33)(H,34,35,39)/t17-,20-,21+/m1/s1. The molecule has 39 heavy (non-hydrogen) atoms. The van der Waals surface area contributed by atoms with Gasteiger partial charge in [-0.25, -0.2) is 15.0 Å². The van der Waals surface area contributed by atoms with Crippen LogP contribution in [0.1, 0.15) is 12.8 Å². The fourth-order valence-electron chi connectivity index (χ4n) is 5.76. The van der Waals surface area contributed by atoms with E-state index in [4.69, 9.17) is 5.73 Å². The van der Waals surface area contributed by atoms with Crippen LogP contribution in [0.3, 0.4) is 0 Å². The highest BCUT2D eigenvalue weighted by molar-refractivity contribution is 9.10. The number of carbonyl (C=O) groups is 2. The second-order valence-corrected chi connectivity index (χ2v) is 10.8. The zero-order valence-corrected chi connectivity index (χ0v) is 22.2. The van der Waals surface area contributed by atoms with Crippen LogP contribution in [0.2, 0.25) is 0 Å². The molecule has 1 aromatic carbocycles. The number of halogens is 1. The van der Waals surface area contributed by atoms with E-state index in [2.05, 4.69) is 41.2 Å². The van der Waals surface area contributed by atoms with Crippen LogP contribution in [0.25, 0.3) is 33.1 Å². The van der Waals surface area contributed by atoms with Crippen LogP contribution in [0.15, 0.2) is 71.9 Å². The molecule has 2 amide bonds.